The Morgan fingerprint density at radius 2 is 1.24 bits per heavy atom. The summed E-state index contributed by atoms with van der Waals surface area (Å²) in [6.07, 6.45) is 19.9. The van der Waals surface area contributed by atoms with Crippen LogP contribution in [0.5, 0.6) is 0 Å². The molecular formula is C46H46Cl4Zr-2. The first kappa shape index (κ1) is 41.4. The standard InChI is InChI=1S/C23H21.C9H13.2C7H5Cl.2ClH.Zr/c1-22(2)7-5-14-10-18-16(12-20(14)22)9-17-13-21-15(11-19(17)18)6-8-23(21,3)4;1-9(2,3)8-6-4-5-7-8;2*1-6-2-4-7(8)5-3-6;;;/h5-7,10-13H,9H2,1-4H3;6-7H,4H2,1-3H3;2*1-5H;2*1H;/q2*-1;;;;;. The summed E-state index contributed by atoms with van der Waals surface area (Å²) in [6.45, 7) is 15.8. The van der Waals surface area contributed by atoms with Gasteiger partial charge in [-0.2, -0.15) is 17.2 Å². The predicted molar refractivity (Wildman–Crippen MR) is 225 cm³/mol. The van der Waals surface area contributed by atoms with E-state index in [4.69, 9.17) is 23.2 Å². The fraction of sp³-hybridized carbons (Fsp3) is 0.261. The van der Waals surface area contributed by atoms with E-state index < -0.39 is 22.3 Å². The number of halogens is 4. The molecule has 264 valence electrons. The van der Waals surface area contributed by atoms with Crippen LogP contribution >= 0.6 is 48.0 Å². The molecule has 4 aromatic carbocycles. The van der Waals surface area contributed by atoms with Crippen LogP contribution in [0.4, 0.5) is 0 Å². The first-order chi connectivity index (χ1) is 23.2. The van der Waals surface area contributed by atoms with E-state index >= 15 is 0 Å². The fourth-order valence-corrected chi connectivity index (χ4v) is 9.02. The van der Waals surface area contributed by atoms with Crippen LogP contribution in [0.3, 0.4) is 0 Å². The summed E-state index contributed by atoms with van der Waals surface area (Å²) < 4.78 is 4.66. The van der Waals surface area contributed by atoms with Crippen LogP contribution < -0.4 is 0 Å². The fourth-order valence-electron chi connectivity index (χ4n) is 6.67. The van der Waals surface area contributed by atoms with Gasteiger partial charge in [-0.3, -0.25) is 12.2 Å². The van der Waals surface area contributed by atoms with Crippen molar-refractivity contribution in [3.8, 4) is 11.1 Å². The van der Waals surface area contributed by atoms with E-state index in [2.05, 4.69) is 147 Å². The second-order valence-electron chi connectivity index (χ2n) is 15.4. The van der Waals surface area contributed by atoms with Gasteiger partial charge in [-0.05, 0) is 45.9 Å². The van der Waals surface area contributed by atoms with E-state index in [1.807, 2.05) is 24.3 Å². The summed E-state index contributed by atoms with van der Waals surface area (Å²) in [5.41, 5.74) is 15.9. The van der Waals surface area contributed by atoms with Crippen LogP contribution in [0.2, 0.25) is 10.0 Å². The van der Waals surface area contributed by atoms with Crippen molar-refractivity contribution in [1.82, 2.24) is 0 Å². The van der Waals surface area contributed by atoms with E-state index in [-0.39, 0.29) is 35.6 Å². The number of allylic oxidation sites excluding steroid dienone is 6. The Morgan fingerprint density at radius 3 is 1.73 bits per heavy atom. The van der Waals surface area contributed by atoms with E-state index in [9.17, 15) is 0 Å². The van der Waals surface area contributed by atoms with E-state index in [1.54, 1.807) is 0 Å². The Hall–Kier alpha value is -2.38. The van der Waals surface area contributed by atoms with Gasteiger partial charge in [-0.15, -0.1) is 42.9 Å². The molecule has 0 nitrogen and oxygen atoms in total. The molecule has 0 amide bonds. The molecule has 0 atom stereocenters. The second-order valence-corrected chi connectivity index (χ2v) is 18.5. The molecule has 51 heavy (non-hydrogen) atoms. The summed E-state index contributed by atoms with van der Waals surface area (Å²) in [5.74, 6) is 0. The van der Waals surface area contributed by atoms with Crippen LogP contribution in [0.1, 0.15) is 99.4 Å². The van der Waals surface area contributed by atoms with Crippen LogP contribution in [0.25, 0.3) is 23.3 Å². The molecule has 0 fully saturated rings. The molecule has 0 unspecified atom stereocenters. The molecule has 4 aliphatic rings. The molecule has 0 saturated carbocycles. The van der Waals surface area contributed by atoms with Gasteiger partial charge in [-0.1, -0.05) is 83.6 Å². The molecule has 0 N–H and O–H groups in total. The molecule has 0 saturated heterocycles. The Balaban J connectivity index is 0.000000184. The van der Waals surface area contributed by atoms with Gasteiger partial charge in [-0.25, -0.2) is 12.2 Å². The summed E-state index contributed by atoms with van der Waals surface area (Å²) in [7, 11) is 0. The number of rotatable bonds is 2. The average Bonchev–Trinajstić information content (AvgIpc) is 3.84. The van der Waals surface area contributed by atoms with Crippen molar-refractivity contribution in [1.29, 1.82) is 0 Å². The van der Waals surface area contributed by atoms with Gasteiger partial charge >= 0.3 is 123 Å². The van der Waals surface area contributed by atoms with E-state index in [0.29, 0.717) is 5.41 Å². The van der Waals surface area contributed by atoms with Gasteiger partial charge < -0.3 is 0 Å². The van der Waals surface area contributed by atoms with Crippen molar-refractivity contribution in [3.05, 3.63) is 163 Å². The second kappa shape index (κ2) is 16.7. The normalized spacial score (nSPS) is 15.6. The molecule has 4 aromatic rings. The summed E-state index contributed by atoms with van der Waals surface area (Å²) in [5, 5.41) is 1.57. The molecule has 5 heteroatoms. The minimum absolute atomic E-state index is 0. The summed E-state index contributed by atoms with van der Waals surface area (Å²) in [6, 6.07) is 25.6. The Kier molecular flexibility index (Phi) is 13.6. The van der Waals surface area contributed by atoms with Crippen LogP contribution in [0, 0.1) is 17.6 Å². The molecular weight excluding hydrogens is 786 g/mol. The SMILES string of the molecule is CC(C)(C)C1=CC[C-]=C1.CC1(C)[C-]=Cc2cc3c(cc21)Cc1cc2c(cc1-3)C=CC2(C)C.Cl.Cl.Clc1ccc([CH]=[Zr]=[CH]c2ccc(Cl)cc2)cc1. The van der Waals surface area contributed by atoms with Gasteiger partial charge in [0.2, 0.25) is 0 Å². The maximum atomic E-state index is 5.84. The van der Waals surface area contributed by atoms with Gasteiger partial charge in [0.25, 0.3) is 0 Å². The van der Waals surface area contributed by atoms with Crippen molar-refractivity contribution < 1.29 is 22.3 Å². The topological polar surface area (TPSA) is 0 Å². The summed E-state index contributed by atoms with van der Waals surface area (Å²) in [4.78, 5) is 0. The number of fused-ring (bicyclic) bond motifs is 5. The summed E-state index contributed by atoms with van der Waals surface area (Å²) >= 11 is 11.0. The van der Waals surface area contributed by atoms with E-state index in [0.717, 1.165) is 22.9 Å². The zero-order valence-corrected chi connectivity index (χ0v) is 36.1. The monoisotopic (exact) mass is 828 g/mol. The average molecular weight is 832 g/mol. The maximum absolute atomic E-state index is 5.84. The van der Waals surface area contributed by atoms with Crippen LogP contribution in [-0.4, -0.2) is 7.42 Å². The molecule has 0 heterocycles. The van der Waals surface area contributed by atoms with Gasteiger partial charge in [0.1, 0.15) is 0 Å². The van der Waals surface area contributed by atoms with Crippen LogP contribution in [0.15, 0.2) is 96.6 Å². The quantitative estimate of drug-likeness (QED) is 0.156. The number of benzene rings is 4. The van der Waals surface area contributed by atoms with Gasteiger partial charge in [0.15, 0.2) is 0 Å². The van der Waals surface area contributed by atoms with Crippen LogP contribution in [-0.2, 0) is 39.5 Å². The zero-order chi connectivity index (χ0) is 35.0. The van der Waals surface area contributed by atoms with Gasteiger partial charge in [0.05, 0.1) is 0 Å². The minimum atomic E-state index is -0.623. The van der Waals surface area contributed by atoms with E-state index in [1.165, 1.54) is 61.2 Å². The first-order valence-corrected chi connectivity index (χ1v) is 20.7. The van der Waals surface area contributed by atoms with Crippen molar-refractivity contribution >= 4 is 67.6 Å². The predicted octanol–water partition coefficient (Wildman–Crippen LogP) is 13.3. The third-order valence-electron chi connectivity index (χ3n) is 9.66. The number of hydrogen-bond acceptors (Lipinski definition) is 0. The Bertz CT molecular complexity index is 1950. The first-order valence-electron chi connectivity index (χ1n) is 17.1. The Morgan fingerprint density at radius 1 is 0.706 bits per heavy atom. The zero-order valence-electron chi connectivity index (χ0n) is 30.5. The molecule has 0 aromatic heterocycles. The Labute approximate surface area is 339 Å². The number of hydrogen-bond donors (Lipinski definition) is 0. The van der Waals surface area contributed by atoms with Crippen molar-refractivity contribution in [2.45, 2.75) is 72.1 Å². The molecule has 0 aliphatic heterocycles. The van der Waals surface area contributed by atoms with Crippen molar-refractivity contribution in [2.75, 3.05) is 0 Å². The third kappa shape index (κ3) is 9.79. The molecule has 0 radical (unpaired) electrons. The molecule has 4 aliphatic carbocycles. The molecule has 8 rings (SSSR count). The van der Waals surface area contributed by atoms with Crippen molar-refractivity contribution in [3.63, 3.8) is 0 Å². The van der Waals surface area contributed by atoms with Crippen molar-refractivity contribution in [2.24, 2.45) is 5.41 Å². The molecule has 0 spiro atoms. The molecule has 0 bridgehead atoms. The third-order valence-corrected chi connectivity index (χ3v) is 12.6. The van der Waals surface area contributed by atoms with Gasteiger partial charge in [0, 0.05) is 5.41 Å².